The number of thiazole rings is 1. The van der Waals surface area contributed by atoms with Crippen LogP contribution >= 0.6 is 35.3 Å². The topological polar surface area (TPSA) is 54.0 Å². The summed E-state index contributed by atoms with van der Waals surface area (Å²) < 4.78 is 0. The predicted octanol–water partition coefficient (Wildman–Crippen LogP) is 4.06. The molecule has 0 atom stereocenters. The second-order valence-electron chi connectivity index (χ2n) is 5.15. The molecule has 0 aliphatic heterocycles. The van der Waals surface area contributed by atoms with Gasteiger partial charge in [0, 0.05) is 28.9 Å². The lowest BCUT2D eigenvalue weighted by atomic mass is 10.1. The molecule has 4 nitrogen and oxygen atoms in total. The number of halogens is 2. The third kappa shape index (κ3) is 6.47. The van der Waals surface area contributed by atoms with Crippen LogP contribution < -0.4 is 10.6 Å². The zero-order valence-electron chi connectivity index (χ0n) is 13.2. The van der Waals surface area contributed by atoms with Crippen LogP contribution in [0.2, 0.25) is 5.02 Å². The number of rotatable bonds is 7. The molecule has 0 radical (unpaired) electrons. The molecule has 126 valence electrons. The Kier molecular flexibility index (Phi) is 8.55. The fourth-order valence-electron chi connectivity index (χ4n) is 2.00. The molecule has 0 saturated carbocycles. The fourth-order valence-corrected chi connectivity index (χ4v) is 3.07. The molecule has 2 rings (SSSR count). The lowest BCUT2D eigenvalue weighted by Gasteiger charge is -2.02. The molecule has 7 heteroatoms. The highest BCUT2D eigenvalue weighted by molar-refractivity contribution is 7.15. The van der Waals surface area contributed by atoms with E-state index in [1.54, 1.807) is 0 Å². The normalized spacial score (nSPS) is 10.2. The van der Waals surface area contributed by atoms with Crippen LogP contribution in [0.1, 0.15) is 28.8 Å². The van der Waals surface area contributed by atoms with Crippen LogP contribution in [0.15, 0.2) is 24.4 Å². The van der Waals surface area contributed by atoms with Gasteiger partial charge < -0.3 is 10.6 Å². The van der Waals surface area contributed by atoms with E-state index in [0.717, 1.165) is 40.4 Å². The maximum Gasteiger partial charge on any atom is 0.226 e. The maximum atomic E-state index is 11.7. The van der Waals surface area contributed by atoms with E-state index in [-0.39, 0.29) is 18.3 Å². The van der Waals surface area contributed by atoms with Crippen LogP contribution in [0, 0.1) is 6.92 Å². The largest absolute Gasteiger partial charge is 0.320 e. The van der Waals surface area contributed by atoms with Crippen molar-refractivity contribution in [2.45, 2.75) is 26.2 Å². The first-order valence-corrected chi connectivity index (χ1v) is 8.42. The van der Waals surface area contributed by atoms with Gasteiger partial charge in [-0.15, -0.1) is 23.7 Å². The average molecular weight is 374 g/mol. The predicted molar refractivity (Wildman–Crippen MR) is 100 cm³/mol. The summed E-state index contributed by atoms with van der Waals surface area (Å²) in [6, 6.07) is 6.06. The molecule has 0 unspecified atom stereocenters. The molecule has 0 saturated heterocycles. The van der Waals surface area contributed by atoms with Gasteiger partial charge in [-0.25, -0.2) is 4.98 Å². The van der Waals surface area contributed by atoms with Crippen molar-refractivity contribution in [3.05, 3.63) is 45.4 Å². The number of carbonyl (C=O) groups is 1. The number of hydrogen-bond acceptors (Lipinski definition) is 4. The summed E-state index contributed by atoms with van der Waals surface area (Å²) >= 11 is 7.64. The minimum Gasteiger partial charge on any atom is -0.320 e. The van der Waals surface area contributed by atoms with Gasteiger partial charge in [-0.05, 0) is 44.1 Å². The van der Waals surface area contributed by atoms with Gasteiger partial charge in [-0.2, -0.15) is 0 Å². The third-order valence-corrected chi connectivity index (χ3v) is 4.57. The highest BCUT2D eigenvalue weighted by Gasteiger charge is 2.07. The number of aryl methyl sites for hydroxylation is 1. The molecule has 0 aliphatic rings. The molecular weight excluding hydrogens is 353 g/mol. The Hall–Kier alpha value is -1.14. The summed E-state index contributed by atoms with van der Waals surface area (Å²) in [5, 5.41) is 7.30. The minimum absolute atomic E-state index is 0. The first kappa shape index (κ1) is 19.9. The number of benzene rings is 1. The summed E-state index contributed by atoms with van der Waals surface area (Å²) in [7, 11) is 1.88. The van der Waals surface area contributed by atoms with Gasteiger partial charge in [0.15, 0.2) is 5.13 Å². The molecule has 2 aromatic rings. The van der Waals surface area contributed by atoms with Crippen LogP contribution in [-0.4, -0.2) is 24.5 Å². The molecule has 0 bridgehead atoms. The molecule has 1 heterocycles. The fraction of sp³-hybridized carbons (Fsp3) is 0.375. The van der Waals surface area contributed by atoms with Crippen LogP contribution in [0.25, 0.3) is 0 Å². The van der Waals surface area contributed by atoms with Gasteiger partial charge in [0.25, 0.3) is 0 Å². The number of nitrogens with zero attached hydrogens (tertiary/aromatic N) is 1. The average Bonchev–Trinajstić information content (AvgIpc) is 2.90. The summed E-state index contributed by atoms with van der Waals surface area (Å²) in [6.07, 6.45) is 3.90. The second-order valence-corrected chi connectivity index (χ2v) is 6.67. The number of aromatic nitrogens is 1. The summed E-state index contributed by atoms with van der Waals surface area (Å²) in [5.41, 5.74) is 2.22. The molecule has 0 aliphatic carbocycles. The van der Waals surface area contributed by atoms with Gasteiger partial charge in [0.1, 0.15) is 0 Å². The van der Waals surface area contributed by atoms with Gasteiger partial charge in [0.2, 0.25) is 5.91 Å². The van der Waals surface area contributed by atoms with E-state index in [4.69, 9.17) is 11.6 Å². The number of amides is 1. The monoisotopic (exact) mass is 373 g/mol. The van der Waals surface area contributed by atoms with E-state index in [0.29, 0.717) is 11.6 Å². The van der Waals surface area contributed by atoms with Crippen LogP contribution in [0.5, 0.6) is 0 Å². The van der Waals surface area contributed by atoms with Crippen LogP contribution in [0.3, 0.4) is 0 Å². The van der Waals surface area contributed by atoms with Crippen molar-refractivity contribution in [1.29, 1.82) is 0 Å². The minimum atomic E-state index is 0. The SMILES string of the molecule is CNCCCC(=O)Nc1ncc(Cc2ccc(C)c(Cl)c2)s1.Cl. The number of anilines is 1. The Balaban J connectivity index is 0.00000264. The molecular formula is C16H21Cl2N3OS. The second kappa shape index (κ2) is 9.88. The molecule has 1 amide bonds. The quantitative estimate of drug-likeness (QED) is 0.719. The summed E-state index contributed by atoms with van der Waals surface area (Å²) in [6.45, 7) is 2.82. The van der Waals surface area contributed by atoms with E-state index < -0.39 is 0 Å². The highest BCUT2D eigenvalue weighted by atomic mass is 35.5. The van der Waals surface area contributed by atoms with Gasteiger partial charge >= 0.3 is 0 Å². The van der Waals surface area contributed by atoms with Crippen LogP contribution in [-0.2, 0) is 11.2 Å². The third-order valence-electron chi connectivity index (χ3n) is 3.25. The smallest absolute Gasteiger partial charge is 0.226 e. The number of hydrogen-bond donors (Lipinski definition) is 2. The zero-order valence-corrected chi connectivity index (χ0v) is 15.6. The Morgan fingerprint density at radius 3 is 2.87 bits per heavy atom. The first-order chi connectivity index (χ1) is 10.6. The summed E-state index contributed by atoms with van der Waals surface area (Å²) in [5.74, 6) is 0.00882. The van der Waals surface area contributed by atoms with Gasteiger partial charge in [-0.1, -0.05) is 23.7 Å². The Morgan fingerprint density at radius 2 is 2.17 bits per heavy atom. The van der Waals surface area contributed by atoms with Gasteiger partial charge in [0.05, 0.1) is 0 Å². The van der Waals surface area contributed by atoms with Crippen molar-refractivity contribution < 1.29 is 4.79 Å². The zero-order chi connectivity index (χ0) is 15.9. The highest BCUT2D eigenvalue weighted by Crippen LogP contribution is 2.24. The maximum absolute atomic E-state index is 11.7. The lowest BCUT2D eigenvalue weighted by Crippen LogP contribution is -2.14. The molecule has 0 fully saturated rings. The van der Waals surface area contributed by atoms with E-state index in [1.165, 1.54) is 11.3 Å². The number of nitrogens with one attached hydrogen (secondary N) is 2. The van der Waals surface area contributed by atoms with Crippen molar-refractivity contribution in [2.24, 2.45) is 0 Å². The van der Waals surface area contributed by atoms with Crippen LogP contribution in [0.4, 0.5) is 5.13 Å². The van der Waals surface area contributed by atoms with Crippen molar-refractivity contribution in [2.75, 3.05) is 18.9 Å². The van der Waals surface area contributed by atoms with E-state index in [1.807, 2.05) is 32.3 Å². The standard InChI is InChI=1S/C16H20ClN3OS.ClH/c1-11-5-6-12(9-14(11)17)8-13-10-19-16(22-13)20-15(21)4-3-7-18-2;/h5-6,9-10,18H,3-4,7-8H2,1-2H3,(H,19,20,21);1H. The van der Waals surface area contributed by atoms with Crippen molar-refractivity contribution in [3.8, 4) is 0 Å². The number of carbonyl (C=O) groups excluding carboxylic acids is 1. The Bertz CT molecular complexity index is 646. The lowest BCUT2D eigenvalue weighted by molar-refractivity contribution is -0.116. The molecule has 0 spiro atoms. The Labute approximate surface area is 152 Å². The molecule has 23 heavy (non-hydrogen) atoms. The van der Waals surface area contributed by atoms with E-state index in [2.05, 4.69) is 21.7 Å². The van der Waals surface area contributed by atoms with E-state index >= 15 is 0 Å². The molecule has 2 N–H and O–H groups in total. The first-order valence-electron chi connectivity index (χ1n) is 7.22. The van der Waals surface area contributed by atoms with E-state index in [9.17, 15) is 4.79 Å². The Morgan fingerprint density at radius 1 is 1.39 bits per heavy atom. The molecule has 1 aromatic heterocycles. The van der Waals surface area contributed by atoms with Crippen molar-refractivity contribution in [1.82, 2.24) is 10.3 Å². The van der Waals surface area contributed by atoms with Crippen molar-refractivity contribution >= 4 is 46.4 Å². The van der Waals surface area contributed by atoms with Gasteiger partial charge in [-0.3, -0.25) is 4.79 Å². The summed E-state index contributed by atoms with van der Waals surface area (Å²) in [4.78, 5) is 17.1. The molecule has 1 aromatic carbocycles. The van der Waals surface area contributed by atoms with Crippen molar-refractivity contribution in [3.63, 3.8) is 0 Å².